The summed E-state index contributed by atoms with van der Waals surface area (Å²) in [6.45, 7) is 2.73. The summed E-state index contributed by atoms with van der Waals surface area (Å²) in [5, 5.41) is 26.5. The Kier molecular flexibility index (Phi) is 22.4. The van der Waals surface area contributed by atoms with E-state index in [1.165, 1.54) is 58.8 Å². The first-order valence-electron chi connectivity index (χ1n) is 20.3. The van der Waals surface area contributed by atoms with Crippen LogP contribution in [0, 0.1) is 5.41 Å². The van der Waals surface area contributed by atoms with Gasteiger partial charge in [-0.15, -0.1) is 0 Å². The van der Waals surface area contributed by atoms with Gasteiger partial charge in [0.2, 0.25) is 11.8 Å². The monoisotopic (exact) mass is 975 g/mol. The van der Waals surface area contributed by atoms with Gasteiger partial charge in [0.1, 0.15) is 36.3 Å². The number of carbonyl (C=O) groups is 3. The van der Waals surface area contributed by atoms with Crippen LogP contribution < -0.4 is 16.4 Å². The van der Waals surface area contributed by atoms with Gasteiger partial charge >= 0.3 is 23.5 Å². The molecule has 2 aromatic rings. The second-order valence-electron chi connectivity index (χ2n) is 15.2. The number of nitrogens with two attached hydrogens (primary N) is 1. The standard InChI is InChI=1S/C35H60N7O17P3S/c1-4-5-6-7-8-9-10-11-12-13-14-15-26(44)63-19-18-37-25(43)16-17-38-33(47)30(46)35(2,3)21-56-62(53,54)59-61(51,52)55-20-24-29(58-60(48,49)50)28(45)34(57-24)42-23-41-27-31(36)39-22-40-32(27)42/h13-14,22-24,28-30,34,45-46H,4-12,15-21H2,1-3H3,(H,37,43)(H,38,47)(H,51,52)(H,53,54)(H2,36,39,40)(H2,48,49,50)/b14-13-/t24-,28-,29-,30+,34-/m1/s1. The molecule has 0 bridgehead atoms. The highest BCUT2D eigenvalue weighted by Gasteiger charge is 2.50. The first-order valence-corrected chi connectivity index (χ1v) is 25.8. The molecule has 3 heterocycles. The lowest BCUT2D eigenvalue weighted by Crippen LogP contribution is -2.46. The molecule has 0 aromatic carbocycles. The zero-order chi connectivity index (χ0) is 46.8. The number of nitrogen functional groups attached to an aromatic ring is 1. The highest BCUT2D eigenvalue weighted by atomic mass is 32.2. The minimum Gasteiger partial charge on any atom is -0.386 e. The van der Waals surface area contributed by atoms with Crippen LogP contribution in [0.1, 0.15) is 97.6 Å². The van der Waals surface area contributed by atoms with Gasteiger partial charge in [0, 0.05) is 37.1 Å². The van der Waals surface area contributed by atoms with Crippen molar-refractivity contribution in [3.63, 3.8) is 0 Å². The summed E-state index contributed by atoms with van der Waals surface area (Å²) in [7, 11) is -16.4. The number of phosphoric ester groups is 3. The van der Waals surface area contributed by atoms with Gasteiger partial charge in [0.15, 0.2) is 22.8 Å². The van der Waals surface area contributed by atoms with Crippen LogP contribution in [0.5, 0.6) is 0 Å². The molecule has 0 spiro atoms. The number of hydrogen-bond acceptors (Lipinski definition) is 18. The maximum Gasteiger partial charge on any atom is 0.481 e. The summed E-state index contributed by atoms with van der Waals surface area (Å²) in [6.07, 6.45) is 8.15. The summed E-state index contributed by atoms with van der Waals surface area (Å²) >= 11 is 1.10. The van der Waals surface area contributed by atoms with E-state index in [2.05, 4.69) is 41.3 Å². The van der Waals surface area contributed by atoms with E-state index in [1.807, 2.05) is 12.2 Å². The number of aliphatic hydroxyl groups excluding tert-OH is 2. The van der Waals surface area contributed by atoms with Crippen molar-refractivity contribution in [1.82, 2.24) is 30.2 Å². The Morgan fingerprint density at radius 2 is 1.63 bits per heavy atom. The maximum atomic E-state index is 12.7. The van der Waals surface area contributed by atoms with Crippen LogP contribution >= 0.6 is 35.2 Å². The maximum absolute atomic E-state index is 12.7. The van der Waals surface area contributed by atoms with Crippen molar-refractivity contribution < 1.29 is 80.5 Å². The van der Waals surface area contributed by atoms with Gasteiger partial charge < -0.3 is 50.9 Å². The van der Waals surface area contributed by atoms with Gasteiger partial charge in [-0.25, -0.2) is 28.6 Å². The van der Waals surface area contributed by atoms with Crippen molar-refractivity contribution in [2.24, 2.45) is 5.41 Å². The average Bonchev–Trinajstić information content (AvgIpc) is 3.76. The van der Waals surface area contributed by atoms with Crippen LogP contribution in [-0.4, -0.2) is 123 Å². The van der Waals surface area contributed by atoms with Crippen molar-refractivity contribution in [2.45, 2.75) is 122 Å². The number of amides is 2. The Bertz CT molecular complexity index is 1970. The number of nitrogens with one attached hydrogen (secondary N) is 2. The number of rotatable bonds is 30. The zero-order valence-electron chi connectivity index (χ0n) is 35.3. The van der Waals surface area contributed by atoms with E-state index in [0.717, 1.165) is 41.8 Å². The van der Waals surface area contributed by atoms with Crippen molar-refractivity contribution in [1.29, 1.82) is 0 Å². The zero-order valence-corrected chi connectivity index (χ0v) is 38.8. The van der Waals surface area contributed by atoms with E-state index >= 15 is 0 Å². The highest BCUT2D eigenvalue weighted by molar-refractivity contribution is 8.13. The minimum atomic E-state index is -5.57. The average molecular weight is 976 g/mol. The van der Waals surface area contributed by atoms with Crippen LogP contribution in [0.2, 0.25) is 0 Å². The number of allylic oxidation sites excluding steroid dienone is 2. The predicted octanol–water partition coefficient (Wildman–Crippen LogP) is 3.14. The lowest BCUT2D eigenvalue weighted by atomic mass is 9.87. The molecule has 24 nitrogen and oxygen atoms in total. The topological polar surface area (TPSA) is 364 Å². The van der Waals surface area contributed by atoms with Crippen LogP contribution in [0.25, 0.3) is 11.2 Å². The number of aliphatic hydroxyl groups is 2. The van der Waals surface area contributed by atoms with Crippen molar-refractivity contribution in [2.75, 3.05) is 37.8 Å². The number of imidazole rings is 1. The molecule has 1 aliphatic heterocycles. The number of thioether (sulfide) groups is 1. The molecule has 63 heavy (non-hydrogen) atoms. The van der Waals surface area contributed by atoms with E-state index in [1.54, 1.807) is 0 Å². The first kappa shape index (κ1) is 54.6. The molecule has 1 fully saturated rings. The smallest absolute Gasteiger partial charge is 0.386 e. The van der Waals surface area contributed by atoms with Gasteiger partial charge in [0.25, 0.3) is 0 Å². The third kappa shape index (κ3) is 19.4. The van der Waals surface area contributed by atoms with Gasteiger partial charge in [-0.2, -0.15) is 4.31 Å². The molecular formula is C35H60N7O17P3S. The van der Waals surface area contributed by atoms with E-state index in [4.69, 9.17) is 19.5 Å². The van der Waals surface area contributed by atoms with Gasteiger partial charge in [-0.3, -0.25) is 32.5 Å². The predicted molar refractivity (Wildman–Crippen MR) is 228 cm³/mol. The fourth-order valence-electron chi connectivity index (χ4n) is 6.05. The van der Waals surface area contributed by atoms with Crippen LogP contribution in [0.15, 0.2) is 24.8 Å². The lowest BCUT2D eigenvalue weighted by molar-refractivity contribution is -0.137. The number of hydrogen-bond donors (Lipinski definition) is 9. The molecule has 2 unspecified atom stereocenters. The molecule has 1 saturated heterocycles. The second-order valence-corrected chi connectivity index (χ2v) is 20.6. The van der Waals surface area contributed by atoms with Crippen molar-refractivity contribution in [3.8, 4) is 0 Å². The Balaban J connectivity index is 1.37. The van der Waals surface area contributed by atoms with Gasteiger partial charge in [0.05, 0.1) is 19.5 Å². The molecule has 10 N–H and O–H groups in total. The number of nitrogens with zero attached hydrogens (tertiary/aromatic N) is 4. The van der Waals surface area contributed by atoms with Crippen LogP contribution in [0.3, 0.4) is 0 Å². The number of phosphoric acid groups is 3. The quantitative estimate of drug-likeness (QED) is 0.0308. The summed E-state index contributed by atoms with van der Waals surface area (Å²) < 4.78 is 62.3. The summed E-state index contributed by atoms with van der Waals surface area (Å²) in [4.78, 5) is 88.1. The van der Waals surface area contributed by atoms with Gasteiger partial charge in [-0.05, 0) is 12.8 Å². The molecule has 2 amide bonds. The summed E-state index contributed by atoms with van der Waals surface area (Å²) in [5.74, 6) is -1.08. The third-order valence-electron chi connectivity index (χ3n) is 9.44. The Hall–Kier alpha value is -2.70. The molecule has 0 radical (unpaired) electrons. The largest absolute Gasteiger partial charge is 0.481 e. The van der Waals surface area contributed by atoms with E-state index in [9.17, 15) is 57.9 Å². The minimum absolute atomic E-state index is 0.0200. The first-order chi connectivity index (χ1) is 29.6. The van der Waals surface area contributed by atoms with Crippen LogP contribution in [-0.2, 0) is 50.7 Å². The molecule has 0 saturated carbocycles. The molecule has 1 aliphatic rings. The van der Waals surface area contributed by atoms with Gasteiger partial charge in [-0.1, -0.05) is 89.6 Å². The normalized spacial score (nSPS) is 20.7. The number of carbonyl (C=O) groups excluding carboxylic acids is 3. The fourth-order valence-corrected chi connectivity index (χ4v) is 9.52. The van der Waals surface area contributed by atoms with E-state index in [-0.39, 0.29) is 41.6 Å². The molecule has 7 atom stereocenters. The molecule has 358 valence electrons. The van der Waals surface area contributed by atoms with E-state index in [0.29, 0.717) is 12.2 Å². The number of anilines is 1. The summed E-state index contributed by atoms with van der Waals surface area (Å²) in [5.41, 5.74) is 4.28. The lowest BCUT2D eigenvalue weighted by Gasteiger charge is -2.30. The number of fused-ring (bicyclic) bond motifs is 1. The molecule has 28 heteroatoms. The fraction of sp³-hybridized carbons (Fsp3) is 0.714. The van der Waals surface area contributed by atoms with Crippen molar-refractivity contribution >= 4 is 69.1 Å². The van der Waals surface area contributed by atoms with Crippen molar-refractivity contribution in [3.05, 3.63) is 24.8 Å². The Labute approximate surface area is 368 Å². The second kappa shape index (κ2) is 25.9. The Morgan fingerprint density at radius 3 is 2.32 bits per heavy atom. The molecule has 0 aliphatic carbocycles. The number of aromatic nitrogens is 4. The number of unbranched alkanes of at least 4 members (excludes halogenated alkanes) is 8. The summed E-state index contributed by atoms with van der Waals surface area (Å²) in [6, 6.07) is 0. The number of ether oxygens (including phenoxy) is 1. The van der Waals surface area contributed by atoms with E-state index < -0.39 is 84.6 Å². The third-order valence-corrected chi connectivity index (χ3v) is 13.4. The Morgan fingerprint density at radius 1 is 0.968 bits per heavy atom. The SMILES string of the molecule is CCCCCCCCCC/C=C\CC(=O)SCCNC(=O)CCNC(=O)[C@H](O)C(C)(C)COP(=O)(O)OP(=O)(O)OC[C@H]1O[C@@H](n2cnc3c(N)ncnc32)[C@H](O)[C@@H]1OP(=O)(O)O. The van der Waals surface area contributed by atoms with Crippen LogP contribution in [0.4, 0.5) is 5.82 Å². The molecule has 2 aromatic heterocycles. The molecule has 3 rings (SSSR count). The highest BCUT2D eigenvalue weighted by Crippen LogP contribution is 2.61. The molecular weight excluding hydrogens is 915 g/mol.